The predicted molar refractivity (Wildman–Crippen MR) is 98.7 cm³/mol. The summed E-state index contributed by atoms with van der Waals surface area (Å²) in [7, 11) is 3.20. The maximum atomic E-state index is 6.16. The Kier molecular flexibility index (Phi) is 5.83. The van der Waals surface area contributed by atoms with E-state index in [4.69, 9.17) is 25.5 Å². The van der Waals surface area contributed by atoms with Gasteiger partial charge in [0.05, 0.1) is 14.2 Å². The second kappa shape index (κ2) is 8.27. The largest absolute Gasteiger partial charge is 0.497 e. The predicted octanol–water partition coefficient (Wildman–Crippen LogP) is 4.74. The summed E-state index contributed by atoms with van der Waals surface area (Å²) in [5.41, 5.74) is 1.86. The summed E-state index contributed by atoms with van der Waals surface area (Å²) in [5, 5.41) is 9.49. The van der Waals surface area contributed by atoms with Gasteiger partial charge < -0.3 is 13.9 Å². The molecule has 3 aromatic rings. The fraction of sp³-hybridized carbons (Fsp3) is 0.222. The van der Waals surface area contributed by atoms with Crippen LogP contribution >= 0.6 is 23.4 Å². The molecule has 0 saturated carbocycles. The Morgan fingerprint density at radius 1 is 1.04 bits per heavy atom. The summed E-state index contributed by atoms with van der Waals surface area (Å²) in [4.78, 5) is 0. The lowest BCUT2D eigenvalue weighted by atomic mass is 10.2. The van der Waals surface area contributed by atoms with Crippen molar-refractivity contribution in [2.24, 2.45) is 0 Å². The maximum absolute atomic E-state index is 6.16. The number of ether oxygens (including phenoxy) is 2. The molecule has 0 fully saturated rings. The molecule has 0 saturated heterocycles. The molecule has 130 valence electrons. The van der Waals surface area contributed by atoms with E-state index in [0.29, 0.717) is 22.6 Å². The van der Waals surface area contributed by atoms with Gasteiger partial charge in [-0.2, -0.15) is 0 Å². The molecule has 0 unspecified atom stereocenters. The number of aryl methyl sites for hydroxylation is 1. The molecular formula is C18H17ClN2O3S. The van der Waals surface area contributed by atoms with Gasteiger partial charge >= 0.3 is 0 Å². The maximum Gasteiger partial charge on any atom is 0.276 e. The van der Waals surface area contributed by atoms with Gasteiger partial charge in [0.1, 0.15) is 11.5 Å². The molecule has 0 aliphatic carbocycles. The van der Waals surface area contributed by atoms with Gasteiger partial charge in [0.2, 0.25) is 5.89 Å². The van der Waals surface area contributed by atoms with E-state index in [1.165, 1.54) is 11.8 Å². The fourth-order valence-corrected chi connectivity index (χ4v) is 3.23. The van der Waals surface area contributed by atoms with E-state index in [1.54, 1.807) is 20.3 Å². The van der Waals surface area contributed by atoms with Crippen molar-refractivity contribution in [3.63, 3.8) is 0 Å². The van der Waals surface area contributed by atoms with Crippen molar-refractivity contribution < 1.29 is 13.9 Å². The minimum atomic E-state index is 0.428. The summed E-state index contributed by atoms with van der Waals surface area (Å²) >= 11 is 7.66. The van der Waals surface area contributed by atoms with Crippen molar-refractivity contribution in [1.29, 1.82) is 0 Å². The molecule has 0 aliphatic heterocycles. The number of hydrogen-bond acceptors (Lipinski definition) is 6. The smallest absolute Gasteiger partial charge is 0.276 e. The highest BCUT2D eigenvalue weighted by Gasteiger charge is 2.12. The van der Waals surface area contributed by atoms with Gasteiger partial charge in [0, 0.05) is 22.4 Å². The molecule has 1 aromatic heterocycles. The van der Waals surface area contributed by atoms with E-state index in [1.807, 2.05) is 36.4 Å². The molecule has 0 atom stereocenters. The third-order valence-corrected chi connectivity index (χ3v) is 4.75. The van der Waals surface area contributed by atoms with E-state index in [9.17, 15) is 0 Å². The molecule has 5 nitrogen and oxygen atoms in total. The zero-order valence-electron chi connectivity index (χ0n) is 13.9. The number of halogens is 1. The van der Waals surface area contributed by atoms with E-state index in [2.05, 4.69) is 10.2 Å². The number of aromatic nitrogens is 2. The molecular weight excluding hydrogens is 360 g/mol. The monoisotopic (exact) mass is 376 g/mol. The molecule has 0 amide bonds. The molecule has 0 aliphatic rings. The number of rotatable bonds is 7. The van der Waals surface area contributed by atoms with Crippen molar-refractivity contribution in [2.45, 2.75) is 11.6 Å². The Bertz CT molecular complexity index is 832. The van der Waals surface area contributed by atoms with Gasteiger partial charge in [0.25, 0.3) is 5.22 Å². The fourth-order valence-electron chi connectivity index (χ4n) is 2.27. The number of nitrogens with zero attached hydrogens (tertiary/aromatic N) is 2. The summed E-state index contributed by atoms with van der Waals surface area (Å²) in [6.07, 6.45) is 0.828. The van der Waals surface area contributed by atoms with Crippen molar-refractivity contribution >= 4 is 23.4 Å². The topological polar surface area (TPSA) is 57.4 Å². The third kappa shape index (κ3) is 4.46. The van der Waals surface area contributed by atoms with Crippen LogP contribution < -0.4 is 9.47 Å². The number of benzene rings is 2. The van der Waals surface area contributed by atoms with Crippen molar-refractivity contribution in [3.05, 3.63) is 53.1 Å². The number of hydrogen-bond donors (Lipinski definition) is 0. The molecule has 2 aromatic carbocycles. The molecule has 25 heavy (non-hydrogen) atoms. The summed E-state index contributed by atoms with van der Waals surface area (Å²) in [6, 6.07) is 13.3. The van der Waals surface area contributed by atoms with Gasteiger partial charge in [-0.25, -0.2) is 0 Å². The minimum Gasteiger partial charge on any atom is -0.497 e. The Hall–Kier alpha value is -2.18. The molecule has 0 spiro atoms. The van der Waals surface area contributed by atoms with E-state index >= 15 is 0 Å². The summed E-state index contributed by atoms with van der Waals surface area (Å²) in [6.45, 7) is 0. The number of thioether (sulfide) groups is 1. The highest BCUT2D eigenvalue weighted by Crippen LogP contribution is 2.30. The minimum absolute atomic E-state index is 0.428. The molecule has 0 bridgehead atoms. The Morgan fingerprint density at radius 2 is 1.76 bits per heavy atom. The van der Waals surface area contributed by atoms with Crippen LogP contribution in [0.3, 0.4) is 0 Å². The van der Waals surface area contributed by atoms with E-state index in [0.717, 1.165) is 28.3 Å². The molecule has 7 heteroatoms. The number of methoxy groups -OCH3 is 2. The van der Waals surface area contributed by atoms with E-state index < -0.39 is 0 Å². The van der Waals surface area contributed by atoms with Crippen LogP contribution in [0.5, 0.6) is 11.5 Å². The first kappa shape index (κ1) is 17.6. The van der Waals surface area contributed by atoms with E-state index in [-0.39, 0.29) is 0 Å². The average Bonchev–Trinajstić information content (AvgIpc) is 3.12. The summed E-state index contributed by atoms with van der Waals surface area (Å²) in [5.74, 6) is 2.56. The van der Waals surface area contributed by atoms with Gasteiger partial charge in [-0.3, -0.25) is 0 Å². The first-order valence-electron chi connectivity index (χ1n) is 7.62. The van der Waals surface area contributed by atoms with Gasteiger partial charge in [0.15, 0.2) is 0 Å². The standard InChI is InChI=1S/C18H17ClN2O3S/c1-22-14-9-13(10-15(11-14)23-2)17-20-21-18(24-17)25-8-7-12-5-3-4-6-16(12)19/h3-6,9-11H,7-8H2,1-2H3. The molecule has 1 heterocycles. The first-order chi connectivity index (χ1) is 12.2. The third-order valence-electron chi connectivity index (χ3n) is 3.56. The normalized spacial score (nSPS) is 10.7. The van der Waals surface area contributed by atoms with Crippen LogP contribution in [0, 0.1) is 0 Å². The quantitative estimate of drug-likeness (QED) is 0.555. The SMILES string of the molecule is COc1cc(OC)cc(-c2nnc(SCCc3ccccc3Cl)o2)c1. The van der Waals surface area contributed by atoms with Crippen LogP contribution in [0.4, 0.5) is 0 Å². The van der Waals surface area contributed by atoms with Gasteiger partial charge in [-0.15, -0.1) is 10.2 Å². The highest BCUT2D eigenvalue weighted by molar-refractivity contribution is 7.99. The zero-order chi connectivity index (χ0) is 17.6. The lowest BCUT2D eigenvalue weighted by molar-refractivity contribution is 0.394. The lowest BCUT2D eigenvalue weighted by Crippen LogP contribution is -1.89. The van der Waals surface area contributed by atoms with Gasteiger partial charge in [-0.1, -0.05) is 41.6 Å². The van der Waals surface area contributed by atoms with Crippen LogP contribution in [0.1, 0.15) is 5.56 Å². The van der Waals surface area contributed by atoms with Crippen LogP contribution in [0.15, 0.2) is 52.1 Å². The van der Waals surface area contributed by atoms with Crippen molar-refractivity contribution in [3.8, 4) is 23.0 Å². The summed E-state index contributed by atoms with van der Waals surface area (Å²) < 4.78 is 16.3. The average molecular weight is 377 g/mol. The Labute approximate surface area is 155 Å². The Balaban J connectivity index is 1.67. The first-order valence-corrected chi connectivity index (χ1v) is 8.99. The van der Waals surface area contributed by atoms with Crippen molar-refractivity contribution in [2.75, 3.05) is 20.0 Å². The molecule has 0 N–H and O–H groups in total. The second-order valence-corrected chi connectivity index (χ2v) is 6.62. The van der Waals surface area contributed by atoms with Crippen LogP contribution in [0.2, 0.25) is 5.02 Å². The highest BCUT2D eigenvalue weighted by atomic mass is 35.5. The lowest BCUT2D eigenvalue weighted by Gasteiger charge is -2.05. The molecule has 0 radical (unpaired) electrons. The Morgan fingerprint density at radius 3 is 2.44 bits per heavy atom. The van der Waals surface area contributed by atoms with Gasteiger partial charge in [-0.05, 0) is 30.2 Å². The van der Waals surface area contributed by atoms with Crippen LogP contribution in [-0.2, 0) is 6.42 Å². The second-order valence-electron chi connectivity index (χ2n) is 5.16. The van der Waals surface area contributed by atoms with Crippen LogP contribution in [-0.4, -0.2) is 30.2 Å². The van der Waals surface area contributed by atoms with Crippen molar-refractivity contribution in [1.82, 2.24) is 10.2 Å². The van der Waals surface area contributed by atoms with Crippen LogP contribution in [0.25, 0.3) is 11.5 Å². The zero-order valence-corrected chi connectivity index (χ0v) is 15.4. The molecule has 3 rings (SSSR count).